The first-order valence-electron chi connectivity index (χ1n) is 3.65. The molecule has 0 amide bonds. The number of aromatic amines is 1. The SMILES string of the molecule is CC.Cc1cn[nH]c1OC(F)F. The highest BCUT2D eigenvalue weighted by Gasteiger charge is 2.07. The molecule has 0 bridgehead atoms. The smallest absolute Gasteiger partial charge is 0.388 e. The van der Waals surface area contributed by atoms with Gasteiger partial charge in [-0.2, -0.15) is 13.9 Å². The first-order valence-corrected chi connectivity index (χ1v) is 3.65. The molecule has 1 heterocycles. The molecule has 0 atom stereocenters. The molecule has 1 N–H and O–H groups in total. The van der Waals surface area contributed by atoms with Crippen LogP contribution in [0.4, 0.5) is 8.78 Å². The van der Waals surface area contributed by atoms with Crippen LogP contribution in [-0.2, 0) is 0 Å². The van der Waals surface area contributed by atoms with Gasteiger partial charge in [-0.1, -0.05) is 13.8 Å². The standard InChI is InChI=1S/C5H6F2N2O.C2H6/c1-3-2-8-9-4(3)10-5(6)7;1-2/h2,5H,1H3,(H,8,9);1-2H3. The maximum atomic E-state index is 11.5. The highest BCUT2D eigenvalue weighted by molar-refractivity contribution is 5.19. The van der Waals surface area contributed by atoms with Crippen LogP contribution in [0.2, 0.25) is 0 Å². The molecule has 70 valence electrons. The number of hydrogen-bond donors (Lipinski definition) is 1. The number of ether oxygens (including phenoxy) is 1. The molecule has 0 aliphatic heterocycles. The van der Waals surface area contributed by atoms with E-state index >= 15 is 0 Å². The summed E-state index contributed by atoms with van der Waals surface area (Å²) < 4.78 is 27.0. The maximum Gasteiger partial charge on any atom is 0.388 e. The van der Waals surface area contributed by atoms with E-state index in [1.807, 2.05) is 13.8 Å². The van der Waals surface area contributed by atoms with E-state index in [1.54, 1.807) is 6.92 Å². The van der Waals surface area contributed by atoms with Gasteiger partial charge in [0.1, 0.15) is 0 Å². The Balaban J connectivity index is 0.000000561. The number of alkyl halides is 2. The minimum Gasteiger partial charge on any atom is -0.417 e. The lowest BCUT2D eigenvalue weighted by Gasteiger charge is -1.99. The van der Waals surface area contributed by atoms with Gasteiger partial charge < -0.3 is 4.74 Å². The third-order valence-electron chi connectivity index (χ3n) is 0.989. The fraction of sp³-hybridized carbons (Fsp3) is 0.571. The van der Waals surface area contributed by atoms with Crippen LogP contribution in [-0.4, -0.2) is 16.8 Å². The maximum absolute atomic E-state index is 11.5. The molecule has 0 unspecified atom stereocenters. The van der Waals surface area contributed by atoms with E-state index in [9.17, 15) is 8.78 Å². The number of rotatable bonds is 2. The first kappa shape index (κ1) is 10.9. The second-order valence-electron chi connectivity index (χ2n) is 1.76. The van der Waals surface area contributed by atoms with Crippen LogP contribution in [0.1, 0.15) is 19.4 Å². The van der Waals surface area contributed by atoms with E-state index in [0.29, 0.717) is 5.56 Å². The van der Waals surface area contributed by atoms with Gasteiger partial charge in [-0.15, -0.1) is 0 Å². The van der Waals surface area contributed by atoms with Crippen LogP contribution >= 0.6 is 0 Å². The number of halogens is 2. The van der Waals surface area contributed by atoms with Gasteiger partial charge in [-0.05, 0) is 6.92 Å². The van der Waals surface area contributed by atoms with E-state index in [-0.39, 0.29) is 5.88 Å². The second-order valence-corrected chi connectivity index (χ2v) is 1.76. The summed E-state index contributed by atoms with van der Waals surface area (Å²) in [5.41, 5.74) is 0.570. The average molecular weight is 178 g/mol. The average Bonchev–Trinajstić information content (AvgIpc) is 2.40. The normalized spacial score (nSPS) is 9.17. The molecular weight excluding hydrogens is 166 g/mol. The third-order valence-corrected chi connectivity index (χ3v) is 0.989. The van der Waals surface area contributed by atoms with Crippen LogP contribution in [0.3, 0.4) is 0 Å². The minimum atomic E-state index is -2.79. The summed E-state index contributed by atoms with van der Waals surface area (Å²) in [6, 6.07) is 0. The summed E-state index contributed by atoms with van der Waals surface area (Å²) in [5, 5.41) is 5.78. The zero-order valence-corrected chi connectivity index (χ0v) is 7.27. The Morgan fingerprint density at radius 2 is 2.08 bits per heavy atom. The van der Waals surface area contributed by atoms with Crippen LogP contribution < -0.4 is 4.74 Å². The molecule has 0 fully saturated rings. The van der Waals surface area contributed by atoms with Crippen LogP contribution in [0.5, 0.6) is 5.88 Å². The Hall–Kier alpha value is -1.13. The quantitative estimate of drug-likeness (QED) is 0.754. The van der Waals surface area contributed by atoms with E-state index < -0.39 is 6.61 Å². The number of aryl methyl sites for hydroxylation is 1. The van der Waals surface area contributed by atoms with Gasteiger partial charge in [-0.25, -0.2) is 5.10 Å². The Kier molecular flexibility index (Phi) is 4.99. The molecule has 1 aromatic rings. The van der Waals surface area contributed by atoms with Crippen molar-refractivity contribution >= 4 is 0 Å². The number of H-pyrrole nitrogens is 1. The van der Waals surface area contributed by atoms with Crippen LogP contribution in [0.25, 0.3) is 0 Å². The number of hydrogen-bond acceptors (Lipinski definition) is 2. The summed E-state index contributed by atoms with van der Waals surface area (Å²) in [6.07, 6.45) is 1.41. The zero-order valence-electron chi connectivity index (χ0n) is 7.27. The van der Waals surface area contributed by atoms with Crippen molar-refractivity contribution in [2.24, 2.45) is 0 Å². The monoisotopic (exact) mass is 178 g/mol. The molecule has 0 saturated heterocycles. The predicted octanol–water partition coefficient (Wildman–Crippen LogP) is 2.35. The summed E-state index contributed by atoms with van der Waals surface area (Å²) in [4.78, 5) is 0. The number of nitrogens with one attached hydrogen (secondary N) is 1. The van der Waals surface area contributed by atoms with Crippen molar-refractivity contribution in [1.82, 2.24) is 10.2 Å². The second kappa shape index (κ2) is 5.51. The molecule has 3 nitrogen and oxygen atoms in total. The third kappa shape index (κ3) is 3.32. The van der Waals surface area contributed by atoms with Crippen molar-refractivity contribution in [3.05, 3.63) is 11.8 Å². The van der Waals surface area contributed by atoms with E-state index in [1.165, 1.54) is 6.20 Å². The van der Waals surface area contributed by atoms with E-state index in [0.717, 1.165) is 0 Å². The summed E-state index contributed by atoms with van der Waals surface area (Å²) in [6.45, 7) is 2.83. The Morgan fingerprint density at radius 3 is 2.42 bits per heavy atom. The van der Waals surface area contributed by atoms with Gasteiger partial charge >= 0.3 is 6.61 Å². The molecular formula is C7H12F2N2O. The van der Waals surface area contributed by atoms with Crippen molar-refractivity contribution in [1.29, 1.82) is 0 Å². The predicted molar refractivity (Wildman–Crippen MR) is 41.3 cm³/mol. The van der Waals surface area contributed by atoms with Crippen LogP contribution in [0, 0.1) is 6.92 Å². The van der Waals surface area contributed by atoms with E-state index in [2.05, 4.69) is 14.9 Å². The lowest BCUT2D eigenvalue weighted by atomic mass is 10.4. The molecule has 12 heavy (non-hydrogen) atoms. The molecule has 1 rings (SSSR count). The molecule has 0 aliphatic rings. The molecule has 1 aromatic heterocycles. The zero-order chi connectivity index (χ0) is 9.56. The molecule has 5 heteroatoms. The Labute approximate surface area is 69.7 Å². The molecule has 0 aromatic carbocycles. The van der Waals surface area contributed by atoms with Gasteiger partial charge in [0.2, 0.25) is 5.88 Å². The van der Waals surface area contributed by atoms with Crippen molar-refractivity contribution in [2.45, 2.75) is 27.4 Å². The van der Waals surface area contributed by atoms with Crippen molar-refractivity contribution in [3.63, 3.8) is 0 Å². The highest BCUT2D eigenvalue weighted by Crippen LogP contribution is 2.13. The van der Waals surface area contributed by atoms with Crippen LogP contribution in [0.15, 0.2) is 6.20 Å². The summed E-state index contributed by atoms with van der Waals surface area (Å²) in [5.74, 6) is 0.0231. The van der Waals surface area contributed by atoms with Gasteiger partial charge in [0.25, 0.3) is 0 Å². The topological polar surface area (TPSA) is 37.9 Å². The van der Waals surface area contributed by atoms with Crippen molar-refractivity contribution < 1.29 is 13.5 Å². The van der Waals surface area contributed by atoms with Gasteiger partial charge in [0, 0.05) is 5.56 Å². The lowest BCUT2D eigenvalue weighted by Crippen LogP contribution is -2.02. The van der Waals surface area contributed by atoms with E-state index in [4.69, 9.17) is 0 Å². The fourth-order valence-electron chi connectivity index (χ4n) is 0.543. The Bertz CT molecular complexity index is 213. The van der Waals surface area contributed by atoms with Gasteiger partial charge in [-0.3, -0.25) is 0 Å². The lowest BCUT2D eigenvalue weighted by molar-refractivity contribution is -0.0533. The summed E-state index contributed by atoms with van der Waals surface area (Å²) >= 11 is 0. The van der Waals surface area contributed by atoms with Gasteiger partial charge in [0.15, 0.2) is 0 Å². The summed E-state index contributed by atoms with van der Waals surface area (Å²) in [7, 11) is 0. The highest BCUT2D eigenvalue weighted by atomic mass is 19.3. The van der Waals surface area contributed by atoms with Crippen molar-refractivity contribution in [3.8, 4) is 5.88 Å². The minimum absolute atomic E-state index is 0.0231. The fourth-order valence-corrected chi connectivity index (χ4v) is 0.543. The molecule has 0 saturated carbocycles. The Morgan fingerprint density at radius 1 is 1.50 bits per heavy atom. The number of nitrogens with zero attached hydrogens (tertiary/aromatic N) is 1. The molecule has 0 spiro atoms. The largest absolute Gasteiger partial charge is 0.417 e. The van der Waals surface area contributed by atoms with Gasteiger partial charge in [0.05, 0.1) is 6.20 Å². The first-order chi connectivity index (χ1) is 5.70. The molecule has 0 radical (unpaired) electrons. The van der Waals surface area contributed by atoms with Crippen molar-refractivity contribution in [2.75, 3.05) is 0 Å². The number of aromatic nitrogens is 2. The molecule has 0 aliphatic carbocycles.